The van der Waals surface area contributed by atoms with Crippen molar-refractivity contribution in [2.45, 2.75) is 64.6 Å². The molecule has 3 saturated carbocycles. The van der Waals surface area contributed by atoms with E-state index >= 15 is 0 Å². The Morgan fingerprint density at radius 1 is 1.28 bits per heavy atom. The molecule has 136 valence electrons. The molecule has 25 heavy (non-hydrogen) atoms. The Balaban J connectivity index is 1.76. The first-order chi connectivity index (χ1) is 11.6. The number of rotatable bonds is 1. The Morgan fingerprint density at radius 3 is 2.68 bits per heavy atom. The second kappa shape index (κ2) is 5.14. The van der Waals surface area contributed by atoms with Crippen LogP contribution in [0.1, 0.15) is 52.9 Å². The number of allylic oxidation sites excluding steroid dienone is 4. The molecule has 5 unspecified atom stereocenters. The number of carbonyl (C=O) groups excluding carboxylic acids is 2. The van der Waals surface area contributed by atoms with E-state index in [4.69, 9.17) is 0 Å². The monoisotopic (exact) mass is 344 g/mol. The van der Waals surface area contributed by atoms with Gasteiger partial charge in [-0.1, -0.05) is 25.5 Å². The molecule has 0 saturated heterocycles. The maximum atomic E-state index is 12.2. The highest BCUT2D eigenvalue weighted by Gasteiger charge is 2.67. The molecule has 0 aliphatic heterocycles. The Hall–Kier alpha value is -1.26. The van der Waals surface area contributed by atoms with Crippen LogP contribution in [0.25, 0.3) is 0 Å². The smallest absolute Gasteiger partial charge is 0.178 e. The summed E-state index contributed by atoms with van der Waals surface area (Å²) in [6.07, 6.45) is 8.32. The van der Waals surface area contributed by atoms with Gasteiger partial charge in [0, 0.05) is 16.7 Å². The van der Waals surface area contributed by atoms with Gasteiger partial charge in [-0.3, -0.25) is 9.59 Å². The fraction of sp³-hybridized carbons (Fsp3) is 0.714. The van der Waals surface area contributed by atoms with Gasteiger partial charge in [-0.05, 0) is 63.0 Å². The van der Waals surface area contributed by atoms with Crippen LogP contribution in [0, 0.1) is 28.6 Å². The number of Topliss-reactive ketones (excluding diaryl/α,β-unsaturated/α-hetero) is 1. The van der Waals surface area contributed by atoms with Crippen molar-refractivity contribution in [2.24, 2.45) is 28.6 Å². The lowest BCUT2D eigenvalue weighted by molar-refractivity contribution is -0.175. The van der Waals surface area contributed by atoms with Gasteiger partial charge in [0.25, 0.3) is 0 Å². The highest BCUT2D eigenvalue weighted by atomic mass is 16.3. The maximum absolute atomic E-state index is 12.2. The predicted octanol–water partition coefficient (Wildman–Crippen LogP) is 2.59. The van der Waals surface area contributed by atoms with Crippen molar-refractivity contribution < 1.29 is 19.8 Å². The quantitative estimate of drug-likeness (QED) is 0.767. The van der Waals surface area contributed by atoms with Crippen molar-refractivity contribution in [2.75, 3.05) is 0 Å². The van der Waals surface area contributed by atoms with Gasteiger partial charge in [-0.2, -0.15) is 0 Å². The minimum Gasteiger partial charge on any atom is -0.393 e. The summed E-state index contributed by atoms with van der Waals surface area (Å²) in [6.45, 7) is 5.61. The van der Waals surface area contributed by atoms with E-state index in [0.29, 0.717) is 12.8 Å². The normalized spacial score (nSPS) is 51.4. The molecule has 0 aromatic carbocycles. The lowest BCUT2D eigenvalue weighted by Gasteiger charge is -2.59. The Bertz CT molecular complexity index is 707. The zero-order chi connectivity index (χ0) is 18.2. The number of hydrogen-bond acceptors (Lipinski definition) is 4. The van der Waals surface area contributed by atoms with E-state index in [1.54, 1.807) is 12.2 Å². The zero-order valence-corrected chi connectivity index (χ0v) is 15.3. The molecule has 0 radical (unpaired) electrons. The van der Waals surface area contributed by atoms with Crippen LogP contribution in [0.4, 0.5) is 0 Å². The van der Waals surface area contributed by atoms with Crippen molar-refractivity contribution >= 4 is 11.6 Å². The summed E-state index contributed by atoms with van der Waals surface area (Å²) < 4.78 is 0. The van der Waals surface area contributed by atoms with Crippen LogP contribution in [0.2, 0.25) is 0 Å². The summed E-state index contributed by atoms with van der Waals surface area (Å²) in [6, 6.07) is 0. The Morgan fingerprint density at radius 2 is 2.00 bits per heavy atom. The van der Waals surface area contributed by atoms with E-state index in [2.05, 4.69) is 6.92 Å². The average Bonchev–Trinajstić information content (AvgIpc) is 2.80. The van der Waals surface area contributed by atoms with Crippen molar-refractivity contribution in [1.29, 1.82) is 0 Å². The van der Waals surface area contributed by atoms with Crippen molar-refractivity contribution in [3.05, 3.63) is 23.8 Å². The fourth-order valence-corrected chi connectivity index (χ4v) is 6.91. The van der Waals surface area contributed by atoms with E-state index in [0.717, 1.165) is 24.8 Å². The summed E-state index contributed by atoms with van der Waals surface area (Å²) >= 11 is 0. The number of hydrogen-bond donors (Lipinski definition) is 2. The molecule has 4 aliphatic carbocycles. The Labute approximate surface area is 149 Å². The first-order valence-electron chi connectivity index (χ1n) is 9.49. The average molecular weight is 344 g/mol. The van der Waals surface area contributed by atoms with Crippen LogP contribution in [-0.2, 0) is 9.59 Å². The van der Waals surface area contributed by atoms with Gasteiger partial charge in [0.2, 0.25) is 0 Å². The topological polar surface area (TPSA) is 74.6 Å². The summed E-state index contributed by atoms with van der Waals surface area (Å²) in [5, 5.41) is 22.3. The minimum atomic E-state index is -1.32. The lowest BCUT2D eigenvalue weighted by atomic mass is 9.46. The minimum absolute atomic E-state index is 0.0351. The van der Waals surface area contributed by atoms with Crippen molar-refractivity contribution in [1.82, 2.24) is 0 Å². The van der Waals surface area contributed by atoms with E-state index < -0.39 is 17.1 Å². The van der Waals surface area contributed by atoms with Crippen molar-refractivity contribution in [3.63, 3.8) is 0 Å². The van der Waals surface area contributed by atoms with Gasteiger partial charge < -0.3 is 10.2 Å². The first kappa shape index (κ1) is 17.2. The van der Waals surface area contributed by atoms with Crippen LogP contribution in [0.5, 0.6) is 0 Å². The molecule has 4 rings (SSSR count). The van der Waals surface area contributed by atoms with Gasteiger partial charge in [-0.25, -0.2) is 0 Å². The molecule has 4 nitrogen and oxygen atoms in total. The molecular formula is C21H28O4. The molecule has 0 bridgehead atoms. The van der Waals surface area contributed by atoms with Crippen LogP contribution >= 0.6 is 0 Å². The molecule has 2 N–H and O–H groups in total. The molecule has 0 spiro atoms. The highest BCUT2D eigenvalue weighted by Crippen LogP contribution is 2.66. The molecule has 0 aromatic rings. The summed E-state index contributed by atoms with van der Waals surface area (Å²) in [4.78, 5) is 24.0. The zero-order valence-electron chi connectivity index (χ0n) is 15.3. The van der Waals surface area contributed by atoms with Crippen molar-refractivity contribution in [3.8, 4) is 0 Å². The van der Waals surface area contributed by atoms with E-state index in [1.165, 1.54) is 6.92 Å². The third-order valence-electron chi connectivity index (χ3n) is 8.23. The number of aliphatic hydroxyl groups excluding tert-OH is 1. The third-order valence-corrected chi connectivity index (χ3v) is 8.23. The van der Waals surface area contributed by atoms with Gasteiger partial charge >= 0.3 is 0 Å². The largest absolute Gasteiger partial charge is 0.393 e. The number of fused-ring (bicyclic) bond motifs is 5. The van der Waals surface area contributed by atoms with Crippen LogP contribution < -0.4 is 0 Å². The number of carbonyl (C=O) groups is 2. The number of ketones is 2. The van der Waals surface area contributed by atoms with E-state index in [-0.39, 0.29) is 34.7 Å². The van der Waals surface area contributed by atoms with Gasteiger partial charge in [0.1, 0.15) is 5.60 Å². The summed E-state index contributed by atoms with van der Waals surface area (Å²) in [7, 11) is 0. The molecule has 0 aromatic heterocycles. The summed E-state index contributed by atoms with van der Waals surface area (Å²) in [5.74, 6) is 0.410. The molecule has 4 heteroatoms. The summed E-state index contributed by atoms with van der Waals surface area (Å²) in [5.41, 5.74) is -1.05. The van der Waals surface area contributed by atoms with E-state index in [1.807, 2.05) is 13.0 Å². The highest BCUT2D eigenvalue weighted by molar-refractivity contribution is 6.01. The molecular weight excluding hydrogens is 316 g/mol. The SMILES string of the molecule is CC(=O)[C@@]1(O)CCC2C3CCC4=CC(=O)C=CC4(C)C3[C@H](O)CC21C. The van der Waals surface area contributed by atoms with Gasteiger partial charge in [-0.15, -0.1) is 0 Å². The molecule has 0 heterocycles. The fourth-order valence-electron chi connectivity index (χ4n) is 6.91. The lowest BCUT2D eigenvalue weighted by Crippen LogP contribution is -2.61. The number of aliphatic hydroxyl groups is 2. The van der Waals surface area contributed by atoms with Gasteiger partial charge in [0.05, 0.1) is 6.10 Å². The predicted molar refractivity (Wildman–Crippen MR) is 93.6 cm³/mol. The molecule has 4 aliphatic rings. The first-order valence-corrected chi connectivity index (χ1v) is 9.49. The molecule has 0 amide bonds. The molecule has 7 atom stereocenters. The maximum Gasteiger partial charge on any atom is 0.178 e. The van der Waals surface area contributed by atoms with Crippen LogP contribution in [-0.4, -0.2) is 33.5 Å². The Kier molecular flexibility index (Phi) is 3.53. The van der Waals surface area contributed by atoms with Crippen LogP contribution in [0.3, 0.4) is 0 Å². The van der Waals surface area contributed by atoms with Crippen LogP contribution in [0.15, 0.2) is 23.8 Å². The third kappa shape index (κ3) is 2.01. The standard InChI is InChI=1S/C21H28O4/c1-12(22)21(25)9-7-16-15-5-4-13-10-14(23)6-8-19(13,2)18(15)17(24)11-20(16,21)3/h6,8,10,15-18,24-25H,4-5,7,9,11H2,1-3H3/t15?,16?,17-,18?,19?,20?,21+/m1/s1. The molecule has 3 fully saturated rings. The van der Waals surface area contributed by atoms with E-state index in [9.17, 15) is 19.8 Å². The second-order valence-corrected chi connectivity index (χ2v) is 9.17. The van der Waals surface area contributed by atoms with Gasteiger partial charge in [0.15, 0.2) is 11.6 Å². The second-order valence-electron chi connectivity index (χ2n) is 9.17.